The number of halogens is 5. The molecule has 66 heavy (non-hydrogen) atoms. The molecule has 3 aliphatic rings. The van der Waals surface area contributed by atoms with Gasteiger partial charge in [-0.25, -0.2) is 30.9 Å². The van der Waals surface area contributed by atoms with Crippen molar-refractivity contribution in [3.05, 3.63) is 107 Å². The molecule has 3 aromatic carbocycles. The zero-order valence-corrected chi connectivity index (χ0v) is 38.4. The minimum absolute atomic E-state index is 0.0129. The predicted molar refractivity (Wildman–Crippen MR) is 241 cm³/mol. The highest BCUT2D eigenvalue weighted by Gasteiger charge is 2.49. The van der Waals surface area contributed by atoms with Crippen molar-refractivity contribution in [3.63, 3.8) is 0 Å². The number of hydrogen-bond acceptors (Lipinski definition) is 11. The van der Waals surface area contributed by atoms with Crippen LogP contribution in [-0.4, -0.2) is 89.4 Å². The first-order chi connectivity index (χ1) is 31.2. The molecule has 8 rings (SSSR count). The number of nitrogens with one attached hydrogen (secondary N) is 3. The standard InChI is InChI=1S/C46H48ClF4N5O8S2/c1-44(2)13-11-30(38(25-44)29-3-5-32(47)6-4-29)21-34-26-52-17-18-56(34)33-7-9-37(40(23-33)64-35-22-31-12-16-53-42(31)54-27-35)43(57)55-66(60,61)36-8-10-39(41(24-36)65(58,59)46(49,50)51)63-28-45(48)14-19-62-20-15-45/h3-10,12,16,22-24,27,34,52H,11,13-15,17-21,25-26,28H2,1-2H3,(H,53,54)(H,55,57). The van der Waals surface area contributed by atoms with E-state index in [-0.39, 0.29) is 60.6 Å². The summed E-state index contributed by atoms with van der Waals surface area (Å²) in [5.74, 6) is -2.00. The van der Waals surface area contributed by atoms with Gasteiger partial charge in [0.05, 0.1) is 16.7 Å². The Bertz CT molecular complexity index is 2890. The fourth-order valence-electron chi connectivity index (χ4n) is 8.58. The number of nitrogens with zero attached hydrogens (tertiary/aromatic N) is 2. The summed E-state index contributed by atoms with van der Waals surface area (Å²) in [5.41, 5.74) is -3.12. The van der Waals surface area contributed by atoms with Crippen LogP contribution in [0.15, 0.2) is 101 Å². The molecule has 3 N–H and O–H groups in total. The number of fused-ring (bicyclic) bond motifs is 1. The SMILES string of the molecule is CC1(C)CCC(CC2CNCCN2c2ccc(C(=O)NS(=O)(=O)c3ccc(OCC4(F)CCOCC4)c(S(=O)(=O)C(F)(F)F)c3)c(Oc3cnc4[nH]ccc4c3)c2)=C(c2ccc(Cl)cc2)C1. The van der Waals surface area contributed by atoms with E-state index in [9.17, 15) is 34.8 Å². The van der Waals surface area contributed by atoms with Crippen molar-refractivity contribution in [1.29, 1.82) is 0 Å². The lowest BCUT2D eigenvalue weighted by atomic mass is 9.71. The van der Waals surface area contributed by atoms with Crippen LogP contribution in [0.4, 0.5) is 23.2 Å². The zero-order chi connectivity index (χ0) is 47.1. The second-order valence-corrected chi connectivity index (χ2v) is 21.6. The number of hydrogen-bond donors (Lipinski definition) is 3. The van der Waals surface area contributed by atoms with Crippen molar-refractivity contribution in [3.8, 4) is 17.2 Å². The van der Waals surface area contributed by atoms with Gasteiger partial charge >= 0.3 is 5.51 Å². The number of sulfonamides is 1. The molecular weight excluding hydrogens is 926 g/mol. The van der Waals surface area contributed by atoms with E-state index in [0.717, 1.165) is 37.3 Å². The van der Waals surface area contributed by atoms with E-state index in [1.165, 1.54) is 23.4 Å². The number of aromatic nitrogens is 2. The number of carbonyl (C=O) groups excluding carboxylic acids is 1. The quantitative estimate of drug-likeness (QED) is 0.0963. The Morgan fingerprint density at radius 1 is 0.985 bits per heavy atom. The van der Waals surface area contributed by atoms with Crippen LogP contribution < -0.4 is 24.4 Å². The summed E-state index contributed by atoms with van der Waals surface area (Å²) in [6, 6.07) is 17.6. The monoisotopic (exact) mass is 973 g/mol. The van der Waals surface area contributed by atoms with E-state index in [4.69, 9.17) is 25.8 Å². The summed E-state index contributed by atoms with van der Waals surface area (Å²) in [6.45, 7) is 5.61. The van der Waals surface area contributed by atoms with Gasteiger partial charge in [-0.3, -0.25) is 4.79 Å². The van der Waals surface area contributed by atoms with Crippen molar-refractivity contribution >= 4 is 59.7 Å². The van der Waals surface area contributed by atoms with Crippen LogP contribution in [0.1, 0.15) is 68.3 Å². The second kappa shape index (κ2) is 18.5. The lowest BCUT2D eigenvalue weighted by Gasteiger charge is -2.41. The molecule has 2 fully saturated rings. The van der Waals surface area contributed by atoms with Crippen LogP contribution >= 0.6 is 11.6 Å². The molecular formula is C46H48ClF4N5O8S2. The molecule has 0 bridgehead atoms. The van der Waals surface area contributed by atoms with Crippen LogP contribution in [0.5, 0.6) is 17.2 Å². The molecule has 4 heterocycles. The Hall–Kier alpha value is -5.21. The molecule has 352 valence electrons. The molecule has 1 atom stereocenters. The molecule has 2 aliphatic heterocycles. The van der Waals surface area contributed by atoms with Crippen LogP contribution in [0, 0.1) is 5.41 Å². The van der Waals surface area contributed by atoms with E-state index in [1.807, 2.05) is 29.0 Å². The number of H-pyrrole nitrogens is 1. The highest BCUT2D eigenvalue weighted by atomic mass is 35.5. The van der Waals surface area contributed by atoms with Crippen LogP contribution in [0.25, 0.3) is 16.6 Å². The molecule has 1 aliphatic carbocycles. The van der Waals surface area contributed by atoms with Crippen LogP contribution in [0.2, 0.25) is 5.02 Å². The van der Waals surface area contributed by atoms with Crippen LogP contribution in [-0.2, 0) is 24.6 Å². The first-order valence-corrected chi connectivity index (χ1v) is 24.7. The third-order valence-corrected chi connectivity index (χ3v) is 15.4. The van der Waals surface area contributed by atoms with E-state index in [1.54, 1.807) is 30.5 Å². The van der Waals surface area contributed by atoms with Gasteiger partial charge in [0.1, 0.15) is 40.1 Å². The van der Waals surface area contributed by atoms with E-state index in [2.05, 4.69) is 34.0 Å². The van der Waals surface area contributed by atoms with Gasteiger partial charge in [-0.15, -0.1) is 0 Å². The van der Waals surface area contributed by atoms with Gasteiger partial charge in [-0.2, -0.15) is 13.2 Å². The summed E-state index contributed by atoms with van der Waals surface area (Å²) < 4.78 is 129. The summed E-state index contributed by atoms with van der Waals surface area (Å²) in [4.78, 5) is 21.1. The molecule has 2 aromatic heterocycles. The van der Waals surface area contributed by atoms with Crippen molar-refractivity contribution < 1.29 is 53.4 Å². The number of alkyl halides is 4. The summed E-state index contributed by atoms with van der Waals surface area (Å²) in [6.07, 6.45) is 6.32. The normalized spacial score (nSPS) is 19.1. The zero-order valence-electron chi connectivity index (χ0n) is 36.0. The number of sulfone groups is 1. The minimum atomic E-state index is -6.24. The Morgan fingerprint density at radius 2 is 1.74 bits per heavy atom. The van der Waals surface area contributed by atoms with Crippen molar-refractivity contribution in [2.24, 2.45) is 5.41 Å². The third-order valence-electron chi connectivity index (χ3n) is 12.3. The van der Waals surface area contributed by atoms with Gasteiger partial charge < -0.3 is 29.4 Å². The average Bonchev–Trinajstić information content (AvgIpc) is 3.74. The topological polar surface area (TPSA) is 169 Å². The average molecular weight is 974 g/mol. The third kappa shape index (κ3) is 10.3. The molecule has 0 radical (unpaired) electrons. The number of pyridine rings is 1. The summed E-state index contributed by atoms with van der Waals surface area (Å²) in [7, 11) is -11.3. The number of allylic oxidation sites excluding steroid dienone is 1. The van der Waals surface area contributed by atoms with Gasteiger partial charge in [0.15, 0.2) is 0 Å². The maximum Gasteiger partial charge on any atom is 0.502 e. The van der Waals surface area contributed by atoms with Gasteiger partial charge in [-0.05, 0) is 96.8 Å². The van der Waals surface area contributed by atoms with Crippen molar-refractivity contribution in [2.75, 3.05) is 44.4 Å². The molecule has 20 heteroatoms. The fourth-order valence-corrected chi connectivity index (χ4v) is 10.7. The van der Waals surface area contributed by atoms with E-state index in [0.29, 0.717) is 47.4 Å². The highest BCUT2D eigenvalue weighted by molar-refractivity contribution is 7.92. The predicted octanol–water partition coefficient (Wildman–Crippen LogP) is 9.15. The van der Waals surface area contributed by atoms with Gasteiger partial charge in [0.2, 0.25) is 0 Å². The summed E-state index contributed by atoms with van der Waals surface area (Å²) in [5, 5.41) is 4.85. The van der Waals surface area contributed by atoms with Gasteiger partial charge in [0, 0.05) is 80.1 Å². The first-order valence-electron chi connectivity index (χ1n) is 21.3. The van der Waals surface area contributed by atoms with Crippen molar-refractivity contribution in [1.82, 2.24) is 20.0 Å². The second-order valence-electron chi connectivity index (χ2n) is 17.6. The highest BCUT2D eigenvalue weighted by Crippen LogP contribution is 2.45. The number of piperazine rings is 1. The van der Waals surface area contributed by atoms with Gasteiger partial charge in [-0.1, -0.05) is 43.2 Å². The Kier molecular flexibility index (Phi) is 13.2. The number of anilines is 1. The van der Waals surface area contributed by atoms with Gasteiger partial charge in [0.25, 0.3) is 25.8 Å². The Morgan fingerprint density at radius 3 is 2.48 bits per heavy atom. The number of aromatic amines is 1. The maximum atomic E-state index is 15.3. The fraction of sp³-hybridized carbons (Fsp3) is 0.391. The molecule has 2 saturated heterocycles. The smallest absolute Gasteiger partial charge is 0.489 e. The molecule has 1 unspecified atom stereocenters. The first kappa shape index (κ1) is 47.3. The largest absolute Gasteiger partial charge is 0.502 e. The molecule has 5 aromatic rings. The molecule has 13 nitrogen and oxygen atoms in total. The summed E-state index contributed by atoms with van der Waals surface area (Å²) >= 11 is 6.26. The number of amides is 1. The molecule has 0 spiro atoms. The number of carbonyl (C=O) groups is 1. The van der Waals surface area contributed by atoms with E-state index >= 15 is 4.39 Å². The number of benzene rings is 3. The lowest BCUT2D eigenvalue weighted by Crippen LogP contribution is -2.51. The number of ether oxygens (including phenoxy) is 3. The van der Waals surface area contributed by atoms with Crippen molar-refractivity contribution in [2.45, 2.75) is 79.4 Å². The Labute approximate surface area is 384 Å². The lowest BCUT2D eigenvalue weighted by molar-refractivity contribution is -0.0441. The molecule has 0 saturated carbocycles. The van der Waals surface area contributed by atoms with Crippen LogP contribution in [0.3, 0.4) is 0 Å². The van der Waals surface area contributed by atoms with E-state index < -0.39 is 59.1 Å². The Balaban J connectivity index is 1.12. The molecule has 1 amide bonds. The minimum Gasteiger partial charge on any atom is -0.489 e. The number of rotatable bonds is 13. The maximum absolute atomic E-state index is 15.3.